The molecule has 2 aromatic carbocycles. The largest absolute Gasteiger partial charge is 0.497 e. The third-order valence-corrected chi connectivity index (χ3v) is 3.44. The molecule has 5 heteroatoms. The number of hydrogen-bond donors (Lipinski definition) is 1. The van der Waals surface area contributed by atoms with Crippen molar-refractivity contribution >= 4 is 15.9 Å². The summed E-state index contributed by atoms with van der Waals surface area (Å²) >= 11 is 2.93. The number of ether oxygens (including phenoxy) is 1. The first-order valence-corrected chi connectivity index (χ1v) is 6.36. The summed E-state index contributed by atoms with van der Waals surface area (Å²) in [4.78, 5) is 0. The lowest BCUT2D eigenvalue weighted by Crippen LogP contribution is -2.14. The van der Waals surface area contributed by atoms with Crippen LogP contribution in [0.4, 0.5) is 8.78 Å². The molecule has 2 aromatic rings. The molecule has 1 unspecified atom stereocenters. The minimum atomic E-state index is -0.752. The molecule has 0 saturated heterocycles. The van der Waals surface area contributed by atoms with Crippen LogP contribution in [0.15, 0.2) is 40.9 Å². The predicted octanol–water partition coefficient (Wildman–Crippen LogP) is 3.78. The SMILES string of the molecule is COc1cccc(C(N)c2cc(F)c(Br)cc2F)c1. The van der Waals surface area contributed by atoms with E-state index in [-0.39, 0.29) is 10.0 Å². The highest BCUT2D eigenvalue weighted by Crippen LogP contribution is 2.28. The zero-order chi connectivity index (χ0) is 14.0. The summed E-state index contributed by atoms with van der Waals surface area (Å²) in [5, 5.41) is 0. The van der Waals surface area contributed by atoms with E-state index in [0.29, 0.717) is 11.3 Å². The highest BCUT2D eigenvalue weighted by Gasteiger charge is 2.17. The van der Waals surface area contributed by atoms with Crippen molar-refractivity contribution in [2.24, 2.45) is 5.73 Å². The van der Waals surface area contributed by atoms with Crippen LogP contribution in [0.3, 0.4) is 0 Å². The van der Waals surface area contributed by atoms with E-state index in [4.69, 9.17) is 10.5 Å². The van der Waals surface area contributed by atoms with Crippen molar-refractivity contribution in [1.82, 2.24) is 0 Å². The first-order chi connectivity index (χ1) is 9.02. The topological polar surface area (TPSA) is 35.2 Å². The third-order valence-electron chi connectivity index (χ3n) is 2.83. The van der Waals surface area contributed by atoms with Gasteiger partial charge in [0.2, 0.25) is 0 Å². The lowest BCUT2D eigenvalue weighted by Gasteiger charge is -2.15. The standard InChI is InChI=1S/C14H12BrF2NO/c1-19-9-4-2-3-8(5-9)14(18)10-6-13(17)11(15)7-12(10)16/h2-7,14H,18H2,1H3. The first-order valence-electron chi connectivity index (χ1n) is 5.57. The van der Waals surface area contributed by atoms with E-state index < -0.39 is 17.7 Å². The molecule has 0 bridgehead atoms. The maximum atomic E-state index is 13.8. The molecule has 0 aliphatic rings. The van der Waals surface area contributed by atoms with Crippen LogP contribution in [0.5, 0.6) is 5.75 Å². The molecule has 0 saturated carbocycles. The molecule has 100 valence electrons. The summed E-state index contributed by atoms with van der Waals surface area (Å²) in [5.41, 5.74) is 6.74. The van der Waals surface area contributed by atoms with Gasteiger partial charge in [0.05, 0.1) is 17.6 Å². The Morgan fingerprint density at radius 2 is 1.89 bits per heavy atom. The summed E-state index contributed by atoms with van der Waals surface area (Å²) in [7, 11) is 1.53. The Morgan fingerprint density at radius 3 is 2.58 bits per heavy atom. The van der Waals surface area contributed by atoms with Gasteiger partial charge in [0.1, 0.15) is 17.4 Å². The molecule has 1 atom stereocenters. The molecule has 19 heavy (non-hydrogen) atoms. The second-order valence-electron chi connectivity index (χ2n) is 4.04. The molecule has 0 fully saturated rings. The summed E-state index contributed by atoms with van der Waals surface area (Å²) in [6, 6.07) is 8.37. The van der Waals surface area contributed by atoms with Gasteiger partial charge < -0.3 is 10.5 Å². The van der Waals surface area contributed by atoms with Crippen molar-refractivity contribution in [3.05, 3.63) is 63.6 Å². The molecule has 2 N–H and O–H groups in total. The number of nitrogens with two attached hydrogens (primary N) is 1. The molecular weight excluding hydrogens is 316 g/mol. The van der Waals surface area contributed by atoms with Gasteiger partial charge in [0.15, 0.2) is 0 Å². The summed E-state index contributed by atoms with van der Waals surface area (Å²) in [6.07, 6.45) is 0. The van der Waals surface area contributed by atoms with Crippen LogP contribution in [0.1, 0.15) is 17.2 Å². The van der Waals surface area contributed by atoms with Gasteiger partial charge >= 0.3 is 0 Å². The molecule has 0 radical (unpaired) electrons. The third kappa shape index (κ3) is 2.93. The van der Waals surface area contributed by atoms with Crippen LogP contribution in [0, 0.1) is 11.6 Å². The van der Waals surface area contributed by atoms with Crippen LogP contribution < -0.4 is 10.5 Å². The number of rotatable bonds is 3. The Morgan fingerprint density at radius 1 is 1.16 bits per heavy atom. The Kier molecular flexibility index (Phi) is 4.17. The zero-order valence-corrected chi connectivity index (χ0v) is 11.7. The summed E-state index contributed by atoms with van der Waals surface area (Å²) in [6.45, 7) is 0. The Hall–Kier alpha value is -1.46. The number of halogens is 3. The lowest BCUT2D eigenvalue weighted by molar-refractivity contribution is 0.414. The Bertz CT molecular complexity index is 604. The Balaban J connectivity index is 2.43. The van der Waals surface area contributed by atoms with Crippen LogP contribution >= 0.6 is 15.9 Å². The minimum absolute atomic E-state index is 0.0755. The molecule has 0 aliphatic heterocycles. The number of hydrogen-bond acceptors (Lipinski definition) is 2. The smallest absolute Gasteiger partial charge is 0.137 e. The van der Waals surface area contributed by atoms with Gasteiger partial charge in [-0.15, -0.1) is 0 Å². The normalized spacial score (nSPS) is 12.3. The lowest BCUT2D eigenvalue weighted by atomic mass is 9.99. The second kappa shape index (κ2) is 5.67. The van der Waals surface area contributed by atoms with E-state index in [1.165, 1.54) is 7.11 Å². The average Bonchev–Trinajstić information content (AvgIpc) is 2.42. The van der Waals surface area contributed by atoms with Gasteiger partial charge in [-0.25, -0.2) is 8.78 Å². The van der Waals surface area contributed by atoms with Crippen molar-refractivity contribution in [2.75, 3.05) is 7.11 Å². The van der Waals surface area contributed by atoms with Crippen molar-refractivity contribution in [3.63, 3.8) is 0 Å². The van der Waals surface area contributed by atoms with Gasteiger partial charge in [0, 0.05) is 5.56 Å². The van der Waals surface area contributed by atoms with Crippen molar-refractivity contribution < 1.29 is 13.5 Å². The fourth-order valence-corrected chi connectivity index (χ4v) is 2.11. The first kappa shape index (κ1) is 14.0. The van der Waals surface area contributed by atoms with Gasteiger partial charge in [-0.2, -0.15) is 0 Å². The van der Waals surface area contributed by atoms with E-state index in [1.807, 2.05) is 0 Å². The minimum Gasteiger partial charge on any atom is -0.497 e. The fraction of sp³-hybridized carbons (Fsp3) is 0.143. The van der Waals surface area contributed by atoms with Crippen LogP contribution in [-0.2, 0) is 0 Å². The van der Waals surface area contributed by atoms with Gasteiger partial charge in [0.25, 0.3) is 0 Å². The van der Waals surface area contributed by atoms with Gasteiger partial charge in [-0.3, -0.25) is 0 Å². The molecule has 2 rings (SSSR count). The van der Waals surface area contributed by atoms with E-state index in [9.17, 15) is 8.78 Å². The van der Waals surface area contributed by atoms with E-state index >= 15 is 0 Å². The highest BCUT2D eigenvalue weighted by atomic mass is 79.9. The fourth-order valence-electron chi connectivity index (χ4n) is 1.79. The molecule has 2 nitrogen and oxygen atoms in total. The molecule has 0 aromatic heterocycles. The highest BCUT2D eigenvalue weighted by molar-refractivity contribution is 9.10. The quantitative estimate of drug-likeness (QED) is 0.870. The van der Waals surface area contributed by atoms with Crippen LogP contribution in [0.2, 0.25) is 0 Å². The van der Waals surface area contributed by atoms with Crippen molar-refractivity contribution in [2.45, 2.75) is 6.04 Å². The average molecular weight is 328 g/mol. The molecule has 0 amide bonds. The van der Waals surface area contributed by atoms with E-state index in [2.05, 4.69) is 15.9 Å². The van der Waals surface area contributed by atoms with Crippen LogP contribution in [0.25, 0.3) is 0 Å². The Labute approximate surface area is 118 Å². The van der Waals surface area contributed by atoms with E-state index in [0.717, 1.165) is 12.1 Å². The zero-order valence-electron chi connectivity index (χ0n) is 10.2. The van der Waals surface area contributed by atoms with E-state index in [1.54, 1.807) is 24.3 Å². The predicted molar refractivity (Wildman–Crippen MR) is 73.1 cm³/mol. The summed E-state index contributed by atoms with van der Waals surface area (Å²) < 4.78 is 32.5. The van der Waals surface area contributed by atoms with Crippen molar-refractivity contribution in [3.8, 4) is 5.75 Å². The molecule has 0 aliphatic carbocycles. The van der Waals surface area contributed by atoms with Gasteiger partial charge in [-0.1, -0.05) is 12.1 Å². The molecular formula is C14H12BrF2NO. The number of methoxy groups -OCH3 is 1. The second-order valence-corrected chi connectivity index (χ2v) is 4.90. The monoisotopic (exact) mass is 327 g/mol. The van der Waals surface area contributed by atoms with Gasteiger partial charge in [-0.05, 0) is 45.8 Å². The van der Waals surface area contributed by atoms with Crippen molar-refractivity contribution in [1.29, 1.82) is 0 Å². The molecule has 0 heterocycles. The molecule has 0 spiro atoms. The number of benzene rings is 2. The summed E-state index contributed by atoms with van der Waals surface area (Å²) in [5.74, 6) is -0.482. The van der Waals surface area contributed by atoms with Crippen LogP contribution in [-0.4, -0.2) is 7.11 Å². The maximum absolute atomic E-state index is 13.8. The maximum Gasteiger partial charge on any atom is 0.137 e.